The van der Waals surface area contributed by atoms with Gasteiger partial charge >= 0.3 is 5.69 Å². The highest BCUT2D eigenvalue weighted by atomic mass is 16.2. The van der Waals surface area contributed by atoms with Crippen molar-refractivity contribution in [2.45, 2.75) is 26.7 Å². The predicted octanol–water partition coefficient (Wildman–Crippen LogP) is 2.61. The molecule has 4 aromatic rings. The van der Waals surface area contributed by atoms with Gasteiger partial charge in [-0.25, -0.2) is 9.78 Å². The lowest BCUT2D eigenvalue weighted by Gasteiger charge is -2.22. The van der Waals surface area contributed by atoms with Gasteiger partial charge in [0.15, 0.2) is 5.65 Å². The van der Waals surface area contributed by atoms with Crippen LogP contribution in [0, 0.1) is 13.8 Å². The summed E-state index contributed by atoms with van der Waals surface area (Å²) in [5.74, 6) is -0.223. The summed E-state index contributed by atoms with van der Waals surface area (Å²) in [6.07, 6.45) is 2.21. The molecule has 0 radical (unpaired) electrons. The minimum Gasteiger partial charge on any atom is -0.370 e. The smallest absolute Gasteiger partial charge is 0.323 e. The molecule has 1 aromatic carbocycles. The Kier molecular flexibility index (Phi) is 4.12. The third-order valence-electron chi connectivity index (χ3n) is 5.67. The van der Waals surface area contributed by atoms with Crippen LogP contribution >= 0.6 is 0 Å². The summed E-state index contributed by atoms with van der Waals surface area (Å²) in [4.78, 5) is 37.5. The zero-order valence-corrected chi connectivity index (χ0v) is 17.2. The van der Waals surface area contributed by atoms with E-state index in [9.17, 15) is 9.59 Å². The summed E-state index contributed by atoms with van der Waals surface area (Å²) in [5, 5.41) is 8.26. The Bertz CT molecular complexity index is 1360. The van der Waals surface area contributed by atoms with Crippen LogP contribution in [0.1, 0.15) is 34.6 Å². The number of amides is 1. The fraction of sp³-hybridized carbons (Fsp3) is 0.333. The Morgan fingerprint density at radius 1 is 1.10 bits per heavy atom. The summed E-state index contributed by atoms with van der Waals surface area (Å²) in [7, 11) is 1.82. The Morgan fingerprint density at radius 2 is 1.80 bits per heavy atom. The fourth-order valence-electron chi connectivity index (χ4n) is 4.33. The number of aryl methyl sites for hydroxylation is 3. The molecule has 9 nitrogen and oxygen atoms in total. The van der Waals surface area contributed by atoms with Crippen LogP contribution in [-0.2, 0) is 7.05 Å². The third-order valence-corrected chi connectivity index (χ3v) is 5.67. The van der Waals surface area contributed by atoms with E-state index in [0.29, 0.717) is 22.4 Å². The molecule has 1 fully saturated rings. The number of carbonyl (C=O) groups excluding carboxylic acids is 1. The molecule has 0 unspecified atom stereocenters. The first kappa shape index (κ1) is 18.4. The number of carbonyl (C=O) groups is 1. The molecule has 1 aliphatic rings. The van der Waals surface area contributed by atoms with E-state index in [1.165, 1.54) is 0 Å². The van der Waals surface area contributed by atoms with Gasteiger partial charge in [-0.2, -0.15) is 5.10 Å². The normalized spacial score (nSPS) is 14.2. The number of H-pyrrole nitrogens is 2. The summed E-state index contributed by atoms with van der Waals surface area (Å²) in [5.41, 5.74) is 5.44. The van der Waals surface area contributed by atoms with Crippen molar-refractivity contribution in [3.05, 3.63) is 45.6 Å². The standard InChI is InChI=1S/C21H23N7O2/c1-11-8-13(18-12(2)26-27(3)19(18)22-11)20(29)23-16-9-14-15(25-21(30)24-14)10-17(16)28-6-4-5-7-28/h8-10H,4-7H2,1-3H3,(H,23,29)(H2,24,25,30). The molecule has 3 N–H and O–H groups in total. The quantitative estimate of drug-likeness (QED) is 0.485. The summed E-state index contributed by atoms with van der Waals surface area (Å²) in [6.45, 7) is 5.58. The maximum Gasteiger partial charge on any atom is 0.323 e. The maximum atomic E-state index is 13.4. The van der Waals surface area contributed by atoms with Crippen LogP contribution in [0.2, 0.25) is 0 Å². The second-order valence-electron chi connectivity index (χ2n) is 7.86. The van der Waals surface area contributed by atoms with Crippen LogP contribution < -0.4 is 15.9 Å². The predicted molar refractivity (Wildman–Crippen MR) is 116 cm³/mol. The number of aromatic nitrogens is 5. The van der Waals surface area contributed by atoms with Gasteiger partial charge in [0, 0.05) is 25.8 Å². The van der Waals surface area contributed by atoms with E-state index in [1.807, 2.05) is 33.0 Å². The van der Waals surface area contributed by atoms with Crippen LogP contribution in [0.25, 0.3) is 22.1 Å². The van der Waals surface area contributed by atoms with Gasteiger partial charge in [0.25, 0.3) is 5.91 Å². The molecule has 30 heavy (non-hydrogen) atoms. The van der Waals surface area contributed by atoms with Crippen molar-refractivity contribution >= 4 is 39.3 Å². The van der Waals surface area contributed by atoms with E-state index in [2.05, 4.69) is 30.3 Å². The summed E-state index contributed by atoms with van der Waals surface area (Å²) >= 11 is 0. The van der Waals surface area contributed by atoms with Gasteiger partial charge in [-0.05, 0) is 44.9 Å². The molecule has 154 valence electrons. The van der Waals surface area contributed by atoms with Crippen LogP contribution in [0.4, 0.5) is 11.4 Å². The highest BCUT2D eigenvalue weighted by Gasteiger charge is 2.22. The van der Waals surface area contributed by atoms with Crippen molar-refractivity contribution in [3.63, 3.8) is 0 Å². The summed E-state index contributed by atoms with van der Waals surface area (Å²) in [6, 6.07) is 5.54. The number of nitrogens with zero attached hydrogens (tertiary/aromatic N) is 4. The monoisotopic (exact) mass is 405 g/mol. The van der Waals surface area contributed by atoms with Gasteiger partial charge in [0.05, 0.1) is 39.1 Å². The van der Waals surface area contributed by atoms with Gasteiger partial charge in [-0.1, -0.05) is 0 Å². The molecule has 0 aliphatic carbocycles. The van der Waals surface area contributed by atoms with Crippen LogP contribution in [0.3, 0.4) is 0 Å². The van der Waals surface area contributed by atoms with E-state index in [4.69, 9.17) is 0 Å². The molecule has 0 spiro atoms. The van der Waals surface area contributed by atoms with Gasteiger partial charge < -0.3 is 20.2 Å². The van der Waals surface area contributed by atoms with Crippen molar-refractivity contribution in [3.8, 4) is 0 Å². The lowest BCUT2D eigenvalue weighted by Crippen LogP contribution is -2.21. The van der Waals surface area contributed by atoms with Crippen molar-refractivity contribution < 1.29 is 4.79 Å². The molecular formula is C21H23N7O2. The van der Waals surface area contributed by atoms with Crippen LogP contribution in [0.5, 0.6) is 0 Å². The first-order valence-corrected chi connectivity index (χ1v) is 10.0. The number of rotatable bonds is 3. The van der Waals surface area contributed by atoms with E-state index in [-0.39, 0.29) is 11.6 Å². The lowest BCUT2D eigenvalue weighted by molar-refractivity contribution is 0.102. The Labute approximate surface area is 172 Å². The largest absolute Gasteiger partial charge is 0.370 e. The molecule has 1 aliphatic heterocycles. The first-order valence-electron chi connectivity index (χ1n) is 10.0. The molecule has 3 aromatic heterocycles. The molecule has 4 heterocycles. The molecule has 5 rings (SSSR count). The summed E-state index contributed by atoms with van der Waals surface area (Å²) < 4.78 is 1.70. The zero-order valence-electron chi connectivity index (χ0n) is 17.2. The molecule has 1 saturated heterocycles. The number of nitrogens with one attached hydrogen (secondary N) is 3. The highest BCUT2D eigenvalue weighted by Crippen LogP contribution is 2.33. The first-order chi connectivity index (χ1) is 14.4. The number of imidazole rings is 1. The van der Waals surface area contributed by atoms with Gasteiger partial charge in [-0.15, -0.1) is 0 Å². The molecular weight excluding hydrogens is 382 g/mol. The number of fused-ring (bicyclic) bond motifs is 2. The molecule has 1 amide bonds. The van der Waals surface area contributed by atoms with Crippen molar-refractivity contribution in [1.29, 1.82) is 0 Å². The molecule has 0 bridgehead atoms. The SMILES string of the molecule is Cc1cc(C(=O)Nc2cc3[nH]c(=O)[nH]c3cc2N2CCCC2)c2c(C)nn(C)c2n1. The average Bonchev–Trinajstić information content (AvgIpc) is 3.40. The highest BCUT2D eigenvalue weighted by molar-refractivity contribution is 6.14. The van der Waals surface area contributed by atoms with Gasteiger partial charge in [0.2, 0.25) is 0 Å². The van der Waals surface area contributed by atoms with Crippen LogP contribution in [0.15, 0.2) is 23.0 Å². The average molecular weight is 405 g/mol. The molecule has 9 heteroatoms. The minimum absolute atomic E-state index is 0.223. The second-order valence-corrected chi connectivity index (χ2v) is 7.86. The fourth-order valence-corrected chi connectivity index (χ4v) is 4.33. The van der Waals surface area contributed by atoms with Crippen LogP contribution in [-0.4, -0.2) is 43.7 Å². The number of benzene rings is 1. The minimum atomic E-state index is -0.265. The molecule has 0 atom stereocenters. The van der Waals surface area contributed by atoms with Crippen molar-refractivity contribution in [2.24, 2.45) is 7.05 Å². The van der Waals surface area contributed by atoms with Gasteiger partial charge in [-0.3, -0.25) is 9.48 Å². The number of pyridine rings is 1. The number of aromatic amines is 2. The zero-order chi connectivity index (χ0) is 21.0. The topological polar surface area (TPSA) is 112 Å². The Morgan fingerprint density at radius 3 is 2.53 bits per heavy atom. The molecule has 0 saturated carbocycles. The van der Waals surface area contributed by atoms with E-state index in [0.717, 1.165) is 53.9 Å². The van der Waals surface area contributed by atoms with Crippen molar-refractivity contribution in [1.82, 2.24) is 24.7 Å². The number of hydrogen-bond acceptors (Lipinski definition) is 5. The van der Waals surface area contributed by atoms with Crippen molar-refractivity contribution in [2.75, 3.05) is 23.3 Å². The van der Waals surface area contributed by atoms with E-state index < -0.39 is 0 Å². The number of hydrogen-bond donors (Lipinski definition) is 3. The Hall–Kier alpha value is -3.62. The number of anilines is 2. The third kappa shape index (κ3) is 2.94. The lowest BCUT2D eigenvalue weighted by atomic mass is 10.1. The maximum absolute atomic E-state index is 13.4. The van der Waals surface area contributed by atoms with E-state index >= 15 is 0 Å². The second kappa shape index (κ2) is 6.72. The Balaban J connectivity index is 1.62. The van der Waals surface area contributed by atoms with E-state index in [1.54, 1.807) is 10.7 Å². The van der Waals surface area contributed by atoms with Gasteiger partial charge in [0.1, 0.15) is 0 Å².